The quantitative estimate of drug-likeness (QED) is 0.572. The minimum atomic E-state index is -4.76. The molecule has 0 fully saturated rings. The first-order chi connectivity index (χ1) is 15.1. The highest BCUT2D eigenvalue weighted by Gasteiger charge is 2.53. The van der Waals surface area contributed by atoms with Crippen molar-refractivity contribution < 1.29 is 27.8 Å². The van der Waals surface area contributed by atoms with Crippen LogP contribution in [0.15, 0.2) is 53.6 Å². The summed E-state index contributed by atoms with van der Waals surface area (Å²) >= 11 is 0. The van der Waals surface area contributed by atoms with E-state index >= 15 is 0 Å². The standard InChI is InChI=1S/C24H27F3N2O3/c1-3-4-5-9-18-11-13-19(14-12-18)23(31)15-21(24(25,26)27)28-29(23)22(30)16-32-20-10-7-6-8-17(20)2/h6-8,10-14,31H,3-5,9,15-16H2,1-2H3/t23-/m1/s1. The van der Waals surface area contributed by atoms with Crippen molar-refractivity contribution in [3.63, 3.8) is 0 Å². The molecule has 2 aromatic rings. The first-order valence-corrected chi connectivity index (χ1v) is 10.6. The van der Waals surface area contributed by atoms with Gasteiger partial charge < -0.3 is 9.84 Å². The number of alkyl halides is 3. The monoisotopic (exact) mass is 448 g/mol. The largest absolute Gasteiger partial charge is 0.483 e. The molecule has 8 heteroatoms. The summed E-state index contributed by atoms with van der Waals surface area (Å²) in [6.45, 7) is 3.33. The Labute approximate surface area is 185 Å². The van der Waals surface area contributed by atoms with Crippen molar-refractivity contribution in [2.24, 2.45) is 5.10 Å². The van der Waals surface area contributed by atoms with Crippen LogP contribution in [0.1, 0.15) is 49.3 Å². The van der Waals surface area contributed by atoms with Crippen molar-refractivity contribution >= 4 is 11.6 Å². The summed E-state index contributed by atoms with van der Waals surface area (Å²) in [6.07, 6.45) is -1.61. The number of carbonyl (C=O) groups excluding carboxylic acids is 1. The molecule has 1 amide bonds. The number of halogens is 3. The number of benzene rings is 2. The number of rotatable bonds is 8. The Balaban J connectivity index is 1.82. The highest BCUT2D eigenvalue weighted by molar-refractivity contribution is 5.94. The number of amides is 1. The van der Waals surface area contributed by atoms with Gasteiger partial charge in [-0.3, -0.25) is 4.79 Å². The molecule has 0 bridgehead atoms. The van der Waals surface area contributed by atoms with Gasteiger partial charge in [-0.2, -0.15) is 23.3 Å². The summed E-state index contributed by atoms with van der Waals surface area (Å²) < 4.78 is 45.6. The lowest BCUT2D eigenvalue weighted by molar-refractivity contribution is -0.160. The SMILES string of the molecule is CCCCCc1ccc([C@]2(O)CC(C(F)(F)F)=NN2C(=O)COc2ccccc2C)cc1. The number of hydrazone groups is 1. The Kier molecular flexibility index (Phi) is 7.23. The average Bonchev–Trinajstić information content (AvgIpc) is 3.13. The lowest BCUT2D eigenvalue weighted by Crippen LogP contribution is -2.45. The number of nitrogens with zero attached hydrogens (tertiary/aromatic N) is 2. The zero-order valence-corrected chi connectivity index (χ0v) is 18.2. The van der Waals surface area contributed by atoms with E-state index in [-0.39, 0.29) is 5.56 Å². The van der Waals surface area contributed by atoms with E-state index in [0.29, 0.717) is 10.8 Å². The fourth-order valence-electron chi connectivity index (χ4n) is 3.63. The van der Waals surface area contributed by atoms with Crippen LogP contribution in [0.3, 0.4) is 0 Å². The third-order valence-corrected chi connectivity index (χ3v) is 5.48. The number of unbranched alkanes of at least 4 members (excludes halogenated alkanes) is 2. The van der Waals surface area contributed by atoms with Crippen LogP contribution in [0.2, 0.25) is 0 Å². The van der Waals surface area contributed by atoms with E-state index in [1.54, 1.807) is 55.5 Å². The van der Waals surface area contributed by atoms with Gasteiger partial charge in [-0.1, -0.05) is 62.2 Å². The number of carbonyl (C=O) groups is 1. The van der Waals surface area contributed by atoms with Crippen LogP contribution in [0.4, 0.5) is 13.2 Å². The highest BCUT2D eigenvalue weighted by atomic mass is 19.4. The summed E-state index contributed by atoms with van der Waals surface area (Å²) in [6, 6.07) is 13.6. The zero-order valence-electron chi connectivity index (χ0n) is 18.2. The number of hydrogen-bond acceptors (Lipinski definition) is 4. The highest BCUT2D eigenvalue weighted by Crippen LogP contribution is 2.39. The molecule has 5 nitrogen and oxygen atoms in total. The molecule has 1 N–H and O–H groups in total. The number of aryl methyl sites for hydroxylation is 2. The van der Waals surface area contributed by atoms with E-state index in [1.807, 2.05) is 0 Å². The molecule has 1 atom stereocenters. The number of para-hydroxylation sites is 1. The molecule has 0 radical (unpaired) electrons. The number of aliphatic hydroxyl groups is 1. The van der Waals surface area contributed by atoms with Gasteiger partial charge >= 0.3 is 6.18 Å². The summed E-state index contributed by atoms with van der Waals surface area (Å²) in [5, 5.41) is 15.2. The summed E-state index contributed by atoms with van der Waals surface area (Å²) in [4.78, 5) is 12.8. The maximum absolute atomic E-state index is 13.4. The molecule has 1 aliphatic heterocycles. The van der Waals surface area contributed by atoms with E-state index in [1.165, 1.54) is 0 Å². The molecular weight excluding hydrogens is 421 g/mol. The van der Waals surface area contributed by atoms with Crippen molar-refractivity contribution in [2.75, 3.05) is 6.61 Å². The summed E-state index contributed by atoms with van der Waals surface area (Å²) in [7, 11) is 0. The number of hydrogen-bond donors (Lipinski definition) is 1. The maximum atomic E-state index is 13.4. The first kappa shape index (κ1) is 23.8. The first-order valence-electron chi connectivity index (χ1n) is 10.6. The maximum Gasteiger partial charge on any atom is 0.431 e. The normalized spacial score (nSPS) is 18.6. The van der Waals surface area contributed by atoms with Crippen molar-refractivity contribution in [1.29, 1.82) is 0 Å². The Morgan fingerprint density at radius 2 is 1.84 bits per heavy atom. The molecule has 0 saturated carbocycles. The molecule has 32 heavy (non-hydrogen) atoms. The molecular formula is C24H27F3N2O3. The van der Waals surface area contributed by atoms with Gasteiger partial charge in [0.2, 0.25) is 0 Å². The van der Waals surface area contributed by atoms with Crippen LogP contribution in [0, 0.1) is 6.92 Å². The van der Waals surface area contributed by atoms with Crippen LogP contribution in [0.25, 0.3) is 0 Å². The second-order valence-electron chi connectivity index (χ2n) is 7.95. The molecule has 0 aromatic heterocycles. The fourth-order valence-corrected chi connectivity index (χ4v) is 3.63. The lowest BCUT2D eigenvalue weighted by atomic mass is 9.95. The van der Waals surface area contributed by atoms with E-state index in [2.05, 4.69) is 12.0 Å². The van der Waals surface area contributed by atoms with Crippen molar-refractivity contribution in [3.05, 3.63) is 65.2 Å². The average molecular weight is 448 g/mol. The minimum absolute atomic E-state index is 0.170. The third-order valence-electron chi connectivity index (χ3n) is 5.48. The smallest absolute Gasteiger partial charge is 0.431 e. The molecule has 1 heterocycles. The van der Waals surface area contributed by atoms with E-state index in [0.717, 1.165) is 36.8 Å². The van der Waals surface area contributed by atoms with E-state index in [9.17, 15) is 23.1 Å². The molecule has 0 aliphatic carbocycles. The van der Waals surface area contributed by atoms with Gasteiger partial charge in [0, 0.05) is 5.56 Å². The van der Waals surface area contributed by atoms with Crippen LogP contribution in [-0.2, 0) is 16.9 Å². The van der Waals surface area contributed by atoms with Gasteiger partial charge in [-0.25, -0.2) is 0 Å². The van der Waals surface area contributed by atoms with E-state index in [4.69, 9.17) is 4.74 Å². The van der Waals surface area contributed by atoms with Crippen molar-refractivity contribution in [2.45, 2.75) is 57.9 Å². The topological polar surface area (TPSA) is 62.1 Å². The van der Waals surface area contributed by atoms with Gasteiger partial charge in [-0.05, 0) is 37.0 Å². The molecule has 172 valence electrons. The second kappa shape index (κ2) is 9.73. The summed E-state index contributed by atoms with van der Waals surface area (Å²) in [5.41, 5.74) is -1.49. The molecule has 0 saturated heterocycles. The van der Waals surface area contributed by atoms with Crippen molar-refractivity contribution in [1.82, 2.24) is 5.01 Å². The van der Waals surface area contributed by atoms with Gasteiger partial charge in [0.1, 0.15) is 11.5 Å². The van der Waals surface area contributed by atoms with Crippen molar-refractivity contribution in [3.8, 4) is 5.75 Å². The van der Waals surface area contributed by atoms with E-state index < -0.39 is 36.5 Å². The Hall–Kier alpha value is -2.87. The summed E-state index contributed by atoms with van der Waals surface area (Å²) in [5.74, 6) is -0.443. The number of ether oxygens (including phenoxy) is 1. The Morgan fingerprint density at radius 1 is 1.16 bits per heavy atom. The predicted molar refractivity (Wildman–Crippen MR) is 115 cm³/mol. The van der Waals surface area contributed by atoms with Gasteiger partial charge in [-0.15, -0.1) is 0 Å². The van der Waals surface area contributed by atoms with Crippen LogP contribution >= 0.6 is 0 Å². The molecule has 0 spiro atoms. The van der Waals surface area contributed by atoms with Gasteiger partial charge in [0.05, 0.1) is 6.42 Å². The zero-order chi connectivity index (χ0) is 23.4. The minimum Gasteiger partial charge on any atom is -0.483 e. The molecule has 0 unspecified atom stereocenters. The lowest BCUT2D eigenvalue weighted by Gasteiger charge is -2.31. The van der Waals surface area contributed by atoms with Gasteiger partial charge in [0.25, 0.3) is 5.91 Å². The molecule has 2 aromatic carbocycles. The fraction of sp³-hybridized carbons (Fsp3) is 0.417. The molecule has 3 rings (SSSR count). The van der Waals surface area contributed by atoms with Crippen LogP contribution in [0.5, 0.6) is 5.75 Å². The van der Waals surface area contributed by atoms with Crippen LogP contribution < -0.4 is 4.74 Å². The van der Waals surface area contributed by atoms with Crippen LogP contribution in [-0.4, -0.2) is 34.5 Å². The molecule has 1 aliphatic rings. The predicted octanol–water partition coefficient (Wildman–Crippen LogP) is 5.10. The van der Waals surface area contributed by atoms with Gasteiger partial charge in [0.15, 0.2) is 12.3 Å². The Morgan fingerprint density at radius 3 is 2.47 bits per heavy atom. The Bertz CT molecular complexity index is 973. The third kappa shape index (κ3) is 5.30. The second-order valence-corrected chi connectivity index (χ2v) is 7.95.